The van der Waals surface area contributed by atoms with Crippen molar-refractivity contribution in [3.05, 3.63) is 10.1 Å². The summed E-state index contributed by atoms with van der Waals surface area (Å²) in [7, 11) is 0. The minimum atomic E-state index is -1.50. The zero-order chi connectivity index (χ0) is 5.58. The van der Waals surface area contributed by atoms with E-state index < -0.39 is 5.09 Å². The van der Waals surface area contributed by atoms with E-state index in [-0.39, 0.29) is 38.9 Å². The molecule has 0 aromatic carbocycles. The fraction of sp³-hybridized carbons (Fsp3) is 0. The summed E-state index contributed by atoms with van der Waals surface area (Å²) in [5.74, 6) is 0. The Kier molecular flexibility index (Phi) is 14.4. The predicted octanol–water partition coefficient (Wildman–Crippen LogP) is -0.467. The maximum absolute atomic E-state index is 8.39. The molecule has 34 valence electrons. The third-order valence-electron chi connectivity index (χ3n) is 0. The van der Waals surface area contributed by atoms with Crippen LogP contribution in [0, 0.1) is 49.0 Å². The molecule has 0 radical (unpaired) electrons. The van der Waals surface area contributed by atoms with Gasteiger partial charge in [-0.05, 0) is 0 Å². The van der Waals surface area contributed by atoms with Crippen LogP contribution in [0.25, 0.3) is 0 Å². The molecular formula is HNNdO4. The Bertz CT molecular complexity index is 38.8. The summed E-state index contributed by atoms with van der Waals surface area (Å²) in [6.07, 6.45) is 0. The summed E-state index contributed by atoms with van der Waals surface area (Å²) in [6.45, 7) is 0. The van der Waals surface area contributed by atoms with Crippen molar-refractivity contribution in [2.75, 3.05) is 0 Å². The van der Waals surface area contributed by atoms with Crippen molar-refractivity contribution in [1.82, 2.24) is 0 Å². The van der Waals surface area contributed by atoms with Gasteiger partial charge in [-0.3, -0.25) is 0 Å². The van der Waals surface area contributed by atoms with E-state index in [2.05, 4.69) is 0 Å². The second-order valence-corrected chi connectivity index (χ2v) is 0.238. The standard InChI is InChI=1S/HNO3.Nd.O/c2-1(3)4;;/h(H,2,3,4);;. The summed E-state index contributed by atoms with van der Waals surface area (Å²) >= 11 is 0.0556. The molecule has 5 nitrogen and oxygen atoms in total. The first-order valence-corrected chi connectivity index (χ1v) is 2.08. The van der Waals surface area contributed by atoms with Crippen molar-refractivity contribution in [3.8, 4) is 0 Å². The number of nitrogens with zero attached hydrogens (tertiary/aromatic N) is 1. The first-order valence-electron chi connectivity index (χ1n) is 0.769. The van der Waals surface area contributed by atoms with Crippen molar-refractivity contribution < 1.29 is 50.2 Å². The summed E-state index contributed by atoms with van der Waals surface area (Å²) in [4.78, 5) is 8.36. The average Bonchev–Trinajstić information content (AvgIpc) is 1.41. The van der Waals surface area contributed by atoms with Gasteiger partial charge in [0.25, 0.3) is 5.09 Å². The fourth-order valence-corrected chi connectivity index (χ4v) is 0. The molecule has 0 rings (SSSR count). The van der Waals surface area contributed by atoms with Crippen molar-refractivity contribution in [1.29, 1.82) is 0 Å². The number of hydrogen-bond acceptors (Lipinski definition) is 3. The predicted molar refractivity (Wildman–Crippen MR) is 9.47 cm³/mol. The van der Waals surface area contributed by atoms with Gasteiger partial charge in [0.15, 0.2) is 0 Å². The topological polar surface area (TPSA) is 80.4 Å². The van der Waals surface area contributed by atoms with E-state index in [0.717, 1.165) is 0 Å². The number of hydrogen-bond donors (Lipinski definition) is 1. The molecule has 6 heavy (non-hydrogen) atoms. The van der Waals surface area contributed by atoms with Gasteiger partial charge in [0, 0.05) is 0 Å². The molecule has 0 fully saturated rings. The second kappa shape index (κ2) is 9.02. The first kappa shape index (κ1) is 9.61. The van der Waals surface area contributed by atoms with E-state index in [1.54, 1.807) is 0 Å². The monoisotopic (exact) mass is 221 g/mol. The molecule has 0 aromatic heterocycles. The summed E-state index contributed by atoms with van der Waals surface area (Å²) in [5, 5.41) is 13.6. The van der Waals surface area contributed by atoms with Crippen molar-refractivity contribution >= 4 is 0 Å². The Morgan fingerprint density at radius 1 is 1.67 bits per heavy atom. The van der Waals surface area contributed by atoms with Crippen LogP contribution in [0.15, 0.2) is 0 Å². The molecule has 0 heterocycles. The van der Waals surface area contributed by atoms with Gasteiger partial charge >= 0.3 is 39.9 Å². The Balaban J connectivity index is 0. The molecule has 1 N–H and O–H groups in total. The van der Waals surface area contributed by atoms with Gasteiger partial charge in [0.05, 0.1) is 0 Å². The van der Waals surface area contributed by atoms with Crippen LogP contribution in [-0.4, -0.2) is 10.3 Å². The van der Waals surface area contributed by atoms with Gasteiger partial charge in [-0.15, -0.1) is 10.1 Å². The molecule has 0 aromatic rings. The van der Waals surface area contributed by atoms with E-state index in [4.69, 9.17) is 16.4 Å². The van der Waals surface area contributed by atoms with Gasteiger partial charge < -0.3 is 5.21 Å². The van der Waals surface area contributed by atoms with Crippen LogP contribution in [0.3, 0.4) is 0 Å². The van der Waals surface area contributed by atoms with E-state index >= 15 is 0 Å². The zero-order valence-corrected chi connectivity index (χ0v) is 5.83. The Morgan fingerprint density at radius 2 is 1.67 bits per heavy atom. The molecule has 0 atom stereocenters. The zero-order valence-electron chi connectivity index (χ0n) is 2.62. The summed E-state index contributed by atoms with van der Waals surface area (Å²) in [5.41, 5.74) is 0. The van der Waals surface area contributed by atoms with Gasteiger partial charge in [0.1, 0.15) is 0 Å². The Morgan fingerprint density at radius 3 is 1.67 bits per heavy atom. The van der Waals surface area contributed by atoms with E-state index in [0.29, 0.717) is 0 Å². The third kappa shape index (κ3) is 397. The minimum absolute atomic E-state index is 0.0556. The van der Waals surface area contributed by atoms with E-state index in [1.165, 1.54) is 0 Å². The molecule has 0 bridgehead atoms. The van der Waals surface area contributed by atoms with Crippen LogP contribution in [0.5, 0.6) is 0 Å². The van der Waals surface area contributed by atoms with Crippen LogP contribution in [-0.2, 0) is 1.05 Å². The molecule has 0 aliphatic rings. The summed E-state index contributed by atoms with van der Waals surface area (Å²) < 4.78 is 8.39. The molecule has 0 spiro atoms. The van der Waals surface area contributed by atoms with Crippen molar-refractivity contribution in [2.24, 2.45) is 0 Å². The molecule has 0 aliphatic carbocycles. The van der Waals surface area contributed by atoms with Crippen LogP contribution in [0.1, 0.15) is 0 Å². The molecule has 6 heteroatoms. The van der Waals surface area contributed by atoms with Gasteiger partial charge in [-0.2, -0.15) is 0 Å². The first-order chi connectivity index (χ1) is 2.73. The molecule has 0 aliphatic heterocycles. The van der Waals surface area contributed by atoms with Crippen molar-refractivity contribution in [2.45, 2.75) is 0 Å². The van der Waals surface area contributed by atoms with Gasteiger partial charge in [-0.25, -0.2) is 0 Å². The van der Waals surface area contributed by atoms with Crippen LogP contribution < -0.4 is 0 Å². The van der Waals surface area contributed by atoms with E-state index in [9.17, 15) is 0 Å². The van der Waals surface area contributed by atoms with Crippen molar-refractivity contribution in [3.63, 3.8) is 0 Å². The number of rotatable bonds is 0. The second-order valence-electron chi connectivity index (χ2n) is 0.238. The quantitative estimate of drug-likeness (QED) is 0.445. The molecule has 0 amide bonds. The van der Waals surface area contributed by atoms with Gasteiger partial charge in [-0.1, -0.05) is 0 Å². The summed E-state index contributed by atoms with van der Waals surface area (Å²) in [6, 6.07) is 0. The molecule has 0 saturated heterocycles. The van der Waals surface area contributed by atoms with E-state index in [1.807, 2.05) is 0 Å². The average molecular weight is 223 g/mol. The molecular weight excluding hydrogens is 222 g/mol. The molecule has 0 unspecified atom stereocenters. The Labute approximate surface area is 59.9 Å². The van der Waals surface area contributed by atoms with Gasteiger partial charge in [0.2, 0.25) is 0 Å². The SMILES string of the molecule is O=[N+]([O-])O.[O]=[Nd]. The maximum atomic E-state index is 8.39. The third-order valence-corrected chi connectivity index (χ3v) is 0. The Hall–Kier alpha value is 0.351. The normalized spacial score (nSPS) is 4.50. The fourth-order valence-electron chi connectivity index (χ4n) is 0. The molecule has 0 saturated carbocycles. The van der Waals surface area contributed by atoms with Crippen LogP contribution in [0.4, 0.5) is 0 Å². The van der Waals surface area contributed by atoms with Crippen LogP contribution >= 0.6 is 0 Å². The van der Waals surface area contributed by atoms with Crippen LogP contribution in [0.2, 0.25) is 0 Å².